The molecule has 0 saturated carbocycles. The van der Waals surface area contributed by atoms with Gasteiger partial charge >= 0.3 is 0 Å². The van der Waals surface area contributed by atoms with Gasteiger partial charge in [-0.25, -0.2) is 0 Å². The van der Waals surface area contributed by atoms with Gasteiger partial charge in [-0.2, -0.15) is 5.26 Å². The lowest BCUT2D eigenvalue weighted by Gasteiger charge is -2.07. The molecule has 0 spiro atoms. The summed E-state index contributed by atoms with van der Waals surface area (Å²) in [6.45, 7) is 4.31. The number of carbonyl (C=O) groups excluding carboxylic acids is 1. The minimum Gasteiger partial charge on any atom is -0.461 e. The second-order valence-electron chi connectivity index (χ2n) is 5.52. The number of nitrogens with zero attached hydrogens (tertiary/aromatic N) is 4. The second-order valence-corrected chi connectivity index (χ2v) is 6.58. The molecule has 0 aliphatic rings. The predicted molar refractivity (Wildman–Crippen MR) is 103 cm³/mol. The summed E-state index contributed by atoms with van der Waals surface area (Å²) >= 11 is 1.44. The highest BCUT2D eigenvalue weighted by molar-refractivity contribution is 7.99. The van der Waals surface area contributed by atoms with Crippen molar-refractivity contribution in [1.82, 2.24) is 14.8 Å². The van der Waals surface area contributed by atoms with Crippen LogP contribution in [0, 0.1) is 11.3 Å². The van der Waals surface area contributed by atoms with Crippen LogP contribution in [0.2, 0.25) is 0 Å². The summed E-state index contributed by atoms with van der Waals surface area (Å²) < 4.78 is 7.29. The molecule has 0 saturated heterocycles. The van der Waals surface area contributed by atoms with Gasteiger partial charge in [-0.1, -0.05) is 23.9 Å². The molecule has 3 rings (SSSR count). The zero-order valence-corrected chi connectivity index (χ0v) is 15.3. The van der Waals surface area contributed by atoms with Crippen LogP contribution in [0.25, 0.3) is 11.6 Å². The molecule has 27 heavy (non-hydrogen) atoms. The molecular weight excluding hydrogens is 362 g/mol. The van der Waals surface area contributed by atoms with Crippen LogP contribution in [0.15, 0.2) is 64.9 Å². The van der Waals surface area contributed by atoms with Gasteiger partial charge in [0.1, 0.15) is 0 Å². The Morgan fingerprint density at radius 2 is 2.26 bits per heavy atom. The number of nitrogens with one attached hydrogen (secondary N) is 1. The Labute approximate surface area is 160 Å². The zero-order valence-electron chi connectivity index (χ0n) is 14.5. The summed E-state index contributed by atoms with van der Waals surface area (Å²) in [7, 11) is 0. The van der Waals surface area contributed by atoms with Crippen LogP contribution >= 0.6 is 11.8 Å². The van der Waals surface area contributed by atoms with Gasteiger partial charge in [-0.3, -0.25) is 9.36 Å². The third kappa shape index (κ3) is 4.65. The maximum atomic E-state index is 12.1. The van der Waals surface area contributed by atoms with Gasteiger partial charge in [0.25, 0.3) is 0 Å². The van der Waals surface area contributed by atoms with Gasteiger partial charge in [-0.15, -0.1) is 16.8 Å². The number of hydrogen-bond acceptors (Lipinski definition) is 6. The van der Waals surface area contributed by atoms with Crippen molar-refractivity contribution in [1.29, 1.82) is 5.26 Å². The topological polar surface area (TPSA) is 96.7 Å². The lowest BCUT2D eigenvalue weighted by molar-refractivity contribution is -0.115. The number of aromatic nitrogens is 3. The molecule has 7 nitrogen and oxygen atoms in total. The summed E-state index contributed by atoms with van der Waals surface area (Å²) in [6.07, 6.45) is 3.65. The van der Waals surface area contributed by atoms with Crippen molar-refractivity contribution in [2.45, 2.75) is 18.1 Å². The van der Waals surface area contributed by atoms with Crippen molar-refractivity contribution in [2.75, 3.05) is 11.1 Å². The molecule has 1 amide bonds. The van der Waals surface area contributed by atoms with Gasteiger partial charge in [0.05, 0.1) is 17.9 Å². The molecule has 8 heteroatoms. The SMILES string of the molecule is C=CCn1c(SCCC(=O)Nc2cccc(C#N)c2)nnc1-c1ccco1. The Hall–Kier alpha value is -3.31. The summed E-state index contributed by atoms with van der Waals surface area (Å²) in [5, 5.41) is 20.8. The van der Waals surface area contributed by atoms with E-state index < -0.39 is 0 Å². The van der Waals surface area contributed by atoms with Crippen molar-refractivity contribution in [3.8, 4) is 17.7 Å². The minimum absolute atomic E-state index is 0.126. The van der Waals surface area contributed by atoms with E-state index in [-0.39, 0.29) is 5.91 Å². The molecule has 0 aliphatic heterocycles. The zero-order chi connectivity index (χ0) is 19.1. The fourth-order valence-electron chi connectivity index (χ4n) is 2.40. The molecule has 1 N–H and O–H groups in total. The number of benzene rings is 1. The fraction of sp³-hybridized carbons (Fsp3) is 0.158. The number of hydrogen-bond donors (Lipinski definition) is 1. The standard InChI is InChI=1S/C19H17N5O2S/c1-2-9-24-18(16-7-4-10-26-16)22-23-19(24)27-11-8-17(25)21-15-6-3-5-14(12-15)13-20/h2-7,10,12H,1,8-9,11H2,(H,21,25). The van der Waals surface area contributed by atoms with Gasteiger partial charge in [0, 0.05) is 24.4 Å². The largest absolute Gasteiger partial charge is 0.461 e. The van der Waals surface area contributed by atoms with E-state index in [2.05, 4.69) is 22.1 Å². The number of nitriles is 1. The Kier molecular flexibility index (Phi) is 6.07. The van der Waals surface area contributed by atoms with Crippen LogP contribution in [0.5, 0.6) is 0 Å². The smallest absolute Gasteiger partial charge is 0.225 e. The first-order valence-electron chi connectivity index (χ1n) is 8.22. The van der Waals surface area contributed by atoms with Crippen molar-refractivity contribution >= 4 is 23.4 Å². The van der Waals surface area contributed by atoms with Crippen LogP contribution < -0.4 is 5.32 Å². The average molecular weight is 379 g/mol. The molecular formula is C19H17N5O2S. The Morgan fingerprint density at radius 3 is 3.00 bits per heavy atom. The number of furan rings is 1. The Balaban J connectivity index is 1.59. The van der Waals surface area contributed by atoms with E-state index in [4.69, 9.17) is 9.68 Å². The molecule has 0 unspecified atom stereocenters. The molecule has 2 aromatic heterocycles. The average Bonchev–Trinajstić information content (AvgIpc) is 3.32. The third-order valence-corrected chi connectivity index (χ3v) is 4.57. The van der Waals surface area contributed by atoms with E-state index in [9.17, 15) is 4.79 Å². The minimum atomic E-state index is -0.126. The maximum absolute atomic E-state index is 12.1. The number of anilines is 1. The molecule has 0 radical (unpaired) electrons. The first kappa shape index (κ1) is 18.5. The van der Waals surface area contributed by atoms with Crippen LogP contribution in [0.3, 0.4) is 0 Å². The van der Waals surface area contributed by atoms with Crippen LogP contribution in [0.4, 0.5) is 5.69 Å². The van der Waals surface area contributed by atoms with Gasteiger partial charge in [-0.05, 0) is 30.3 Å². The fourth-order valence-corrected chi connectivity index (χ4v) is 3.29. The molecule has 0 aliphatic carbocycles. The molecule has 136 valence electrons. The third-order valence-electron chi connectivity index (χ3n) is 3.61. The monoisotopic (exact) mass is 379 g/mol. The van der Waals surface area contributed by atoms with Gasteiger partial charge < -0.3 is 9.73 Å². The van der Waals surface area contributed by atoms with E-state index in [1.54, 1.807) is 42.7 Å². The number of rotatable bonds is 8. The van der Waals surface area contributed by atoms with E-state index in [0.29, 0.717) is 46.7 Å². The van der Waals surface area contributed by atoms with Crippen molar-refractivity contribution < 1.29 is 9.21 Å². The Bertz CT molecular complexity index is 972. The number of allylic oxidation sites excluding steroid dienone is 1. The van der Waals surface area contributed by atoms with Gasteiger partial charge in [0.15, 0.2) is 10.9 Å². The molecule has 2 heterocycles. The lowest BCUT2D eigenvalue weighted by Crippen LogP contribution is -2.12. The summed E-state index contributed by atoms with van der Waals surface area (Å²) in [5.74, 6) is 1.67. The van der Waals surface area contributed by atoms with Crippen LogP contribution in [-0.2, 0) is 11.3 Å². The van der Waals surface area contributed by atoms with Crippen molar-refractivity contribution in [3.05, 3.63) is 60.9 Å². The first-order chi connectivity index (χ1) is 13.2. The second kappa shape index (κ2) is 8.87. The lowest BCUT2D eigenvalue weighted by atomic mass is 10.2. The highest BCUT2D eigenvalue weighted by Crippen LogP contribution is 2.25. The van der Waals surface area contributed by atoms with Crippen LogP contribution in [-0.4, -0.2) is 26.4 Å². The molecule has 0 fully saturated rings. The van der Waals surface area contributed by atoms with Gasteiger partial charge in [0.2, 0.25) is 11.7 Å². The highest BCUT2D eigenvalue weighted by Gasteiger charge is 2.15. The maximum Gasteiger partial charge on any atom is 0.225 e. The number of amides is 1. The van der Waals surface area contributed by atoms with E-state index >= 15 is 0 Å². The number of carbonyl (C=O) groups is 1. The van der Waals surface area contributed by atoms with Crippen molar-refractivity contribution in [2.24, 2.45) is 0 Å². The normalized spacial score (nSPS) is 10.3. The molecule has 1 aromatic carbocycles. The van der Waals surface area contributed by atoms with E-state index in [1.807, 2.05) is 16.7 Å². The van der Waals surface area contributed by atoms with Crippen molar-refractivity contribution in [3.63, 3.8) is 0 Å². The predicted octanol–water partition coefficient (Wildman–Crippen LogP) is 3.72. The highest BCUT2D eigenvalue weighted by atomic mass is 32.2. The summed E-state index contributed by atoms with van der Waals surface area (Å²) in [4.78, 5) is 12.1. The quantitative estimate of drug-likeness (QED) is 0.473. The molecule has 0 bridgehead atoms. The number of thioether (sulfide) groups is 1. The van der Waals surface area contributed by atoms with E-state index in [0.717, 1.165) is 0 Å². The summed E-state index contributed by atoms with van der Waals surface area (Å²) in [6, 6.07) is 12.5. The first-order valence-corrected chi connectivity index (χ1v) is 9.20. The Morgan fingerprint density at radius 1 is 1.37 bits per heavy atom. The van der Waals surface area contributed by atoms with Crippen LogP contribution in [0.1, 0.15) is 12.0 Å². The molecule has 0 atom stereocenters. The van der Waals surface area contributed by atoms with E-state index in [1.165, 1.54) is 11.8 Å². The molecule has 3 aromatic rings. The summed E-state index contributed by atoms with van der Waals surface area (Å²) in [5.41, 5.74) is 1.11.